The number of aromatic amines is 1. The first-order valence-electron chi connectivity index (χ1n) is 15.6. The Hall–Kier alpha value is -3.30. The van der Waals surface area contributed by atoms with Gasteiger partial charge >= 0.3 is 0 Å². The Bertz CT molecular complexity index is 1480. The Morgan fingerprint density at radius 2 is 1.80 bits per heavy atom. The first-order chi connectivity index (χ1) is 21.1. The average Bonchev–Trinajstić information content (AvgIpc) is 3.63. The number of nitrogens with zero attached hydrogens (tertiary/aromatic N) is 5. The lowest BCUT2D eigenvalue weighted by Gasteiger charge is -2.48. The van der Waals surface area contributed by atoms with E-state index < -0.39 is 5.66 Å². The monoisotopic (exact) mass is 637 g/mol. The molecule has 3 aromatic rings. The molecular weight excluding hydrogens is 597 g/mol. The van der Waals surface area contributed by atoms with Gasteiger partial charge in [0.1, 0.15) is 11.4 Å². The van der Waals surface area contributed by atoms with E-state index in [1.807, 2.05) is 29.2 Å². The fourth-order valence-electron chi connectivity index (χ4n) is 6.64. The summed E-state index contributed by atoms with van der Waals surface area (Å²) in [6.07, 6.45) is 7.42. The molecule has 2 heterocycles. The number of aliphatic imine (C=N–C) groups is 1. The van der Waals surface area contributed by atoms with Gasteiger partial charge in [0.2, 0.25) is 0 Å². The van der Waals surface area contributed by atoms with Gasteiger partial charge in [-0.2, -0.15) is 5.21 Å². The molecule has 0 saturated heterocycles. The number of rotatable bonds is 11. The smallest absolute Gasteiger partial charge is 0.275 e. The zero-order valence-corrected chi connectivity index (χ0v) is 27.4. The van der Waals surface area contributed by atoms with Crippen molar-refractivity contribution >= 4 is 40.7 Å². The fourth-order valence-corrected chi connectivity index (χ4v) is 7.17. The minimum Gasteiger partial charge on any atom is -0.345 e. The van der Waals surface area contributed by atoms with E-state index in [2.05, 4.69) is 53.6 Å². The molecule has 0 unspecified atom stereocenters. The summed E-state index contributed by atoms with van der Waals surface area (Å²) in [5, 5.41) is 17.4. The highest BCUT2D eigenvalue weighted by Crippen LogP contribution is 2.50. The summed E-state index contributed by atoms with van der Waals surface area (Å²) in [7, 11) is 0. The normalized spacial score (nSPS) is 21.0. The van der Waals surface area contributed by atoms with E-state index in [1.54, 1.807) is 18.2 Å². The maximum atomic E-state index is 14.5. The summed E-state index contributed by atoms with van der Waals surface area (Å²) in [5.41, 5.74) is 2.14. The third-order valence-electron chi connectivity index (χ3n) is 9.63. The molecule has 0 radical (unpaired) electrons. The lowest BCUT2D eigenvalue weighted by atomic mass is 9.67. The van der Waals surface area contributed by atoms with Crippen LogP contribution in [0.15, 0.2) is 47.5 Å². The van der Waals surface area contributed by atoms with Crippen LogP contribution in [0, 0.1) is 11.3 Å². The molecule has 2 aromatic carbocycles. The van der Waals surface area contributed by atoms with Gasteiger partial charge in [0.05, 0.1) is 12.6 Å². The second kappa shape index (κ2) is 13.4. The van der Waals surface area contributed by atoms with Gasteiger partial charge in [0, 0.05) is 21.2 Å². The van der Waals surface area contributed by atoms with Crippen LogP contribution >= 0.6 is 23.2 Å². The third-order valence-corrected chi connectivity index (χ3v) is 10.1. The van der Waals surface area contributed by atoms with Crippen LogP contribution in [0.1, 0.15) is 112 Å². The largest absolute Gasteiger partial charge is 0.345 e. The molecule has 1 spiro atoms. The highest BCUT2D eigenvalue weighted by molar-refractivity contribution is 6.47. The molecule has 1 fully saturated rings. The van der Waals surface area contributed by atoms with Crippen LogP contribution in [0.25, 0.3) is 0 Å². The minimum absolute atomic E-state index is 0.0976. The van der Waals surface area contributed by atoms with Crippen LogP contribution in [0.3, 0.4) is 0 Å². The number of H-pyrrole nitrogens is 1. The standard InChI is InChI=1S/C33H41Cl2N7O2/c1-5-7-8-27(21-9-11-22(12-10-21)30(43)36-20-28-38-40-41-39-28)42-31(44)29(23-17-25(34)19-26(35)18-23)37-33(42)15-13-24(14-16-33)32(3,4)6-2/h9-12,17-19,24,27H,5-8,13-16,20H2,1-4H3,(H,36,43)(H,38,39,40,41)/t24?,27-,33?/m1/s1. The zero-order valence-electron chi connectivity index (χ0n) is 25.9. The van der Waals surface area contributed by atoms with E-state index in [-0.39, 0.29) is 29.8 Å². The summed E-state index contributed by atoms with van der Waals surface area (Å²) < 4.78 is 0. The SMILES string of the molecule is CCCC[C@H](c1ccc(C(=O)NCc2nn[nH]n2)cc1)N1C(=O)C(c2cc(Cl)cc(Cl)c2)=NC12CCC(C(C)(C)CC)CC2. The number of tetrazole rings is 1. The number of unbranched alkanes of at least 4 members (excludes halogenated alkanes) is 1. The molecule has 234 valence electrons. The van der Waals surface area contributed by atoms with Crippen molar-refractivity contribution in [2.75, 3.05) is 0 Å². The number of benzene rings is 2. The number of hydrogen-bond acceptors (Lipinski definition) is 6. The average molecular weight is 639 g/mol. The van der Waals surface area contributed by atoms with Crippen molar-refractivity contribution in [1.82, 2.24) is 30.8 Å². The Morgan fingerprint density at radius 3 is 2.39 bits per heavy atom. The number of halogens is 2. The van der Waals surface area contributed by atoms with E-state index >= 15 is 0 Å². The maximum absolute atomic E-state index is 14.5. The minimum atomic E-state index is -0.652. The molecule has 2 amide bonds. The number of carbonyl (C=O) groups is 2. The van der Waals surface area contributed by atoms with E-state index in [0.29, 0.717) is 38.6 Å². The van der Waals surface area contributed by atoms with Crippen LogP contribution in [0.5, 0.6) is 0 Å². The molecule has 5 rings (SSSR count). The summed E-state index contributed by atoms with van der Waals surface area (Å²) in [5.74, 6) is 0.635. The van der Waals surface area contributed by atoms with Gasteiger partial charge in [0.25, 0.3) is 11.8 Å². The van der Waals surface area contributed by atoms with Gasteiger partial charge in [-0.05, 0) is 79.3 Å². The summed E-state index contributed by atoms with van der Waals surface area (Å²) in [4.78, 5) is 34.7. The number of aromatic nitrogens is 4. The van der Waals surface area contributed by atoms with Gasteiger partial charge in [-0.3, -0.25) is 14.6 Å². The van der Waals surface area contributed by atoms with E-state index in [9.17, 15) is 9.59 Å². The summed E-state index contributed by atoms with van der Waals surface area (Å²) >= 11 is 12.8. The lowest BCUT2D eigenvalue weighted by molar-refractivity contribution is -0.133. The Kier molecular flexibility index (Phi) is 9.75. The molecule has 44 heavy (non-hydrogen) atoms. The van der Waals surface area contributed by atoms with Crippen LogP contribution in [-0.4, -0.2) is 48.7 Å². The highest BCUT2D eigenvalue weighted by atomic mass is 35.5. The predicted molar refractivity (Wildman–Crippen MR) is 173 cm³/mol. The van der Waals surface area contributed by atoms with E-state index in [4.69, 9.17) is 28.2 Å². The van der Waals surface area contributed by atoms with Crippen LogP contribution < -0.4 is 5.32 Å². The molecule has 9 nitrogen and oxygen atoms in total. The molecular formula is C33H41Cl2N7O2. The number of hydrogen-bond donors (Lipinski definition) is 2. The van der Waals surface area contributed by atoms with Gasteiger partial charge in [0.15, 0.2) is 5.82 Å². The summed E-state index contributed by atoms with van der Waals surface area (Å²) in [6.45, 7) is 9.28. The van der Waals surface area contributed by atoms with E-state index in [0.717, 1.165) is 56.9 Å². The van der Waals surface area contributed by atoms with Crippen molar-refractivity contribution in [2.45, 2.75) is 97.3 Å². The van der Waals surface area contributed by atoms with Gasteiger partial charge in [-0.15, -0.1) is 10.2 Å². The predicted octanol–water partition coefficient (Wildman–Crippen LogP) is 7.32. The zero-order chi connectivity index (χ0) is 31.5. The molecule has 0 bridgehead atoms. The highest BCUT2D eigenvalue weighted by Gasteiger charge is 2.52. The van der Waals surface area contributed by atoms with Gasteiger partial charge in [-0.25, -0.2) is 0 Å². The molecule has 2 N–H and O–H groups in total. The Labute approximate surface area is 269 Å². The van der Waals surface area contributed by atoms with Crippen molar-refractivity contribution < 1.29 is 9.59 Å². The second-order valence-corrected chi connectivity index (χ2v) is 13.6. The maximum Gasteiger partial charge on any atom is 0.275 e. The number of carbonyl (C=O) groups excluding carboxylic acids is 2. The number of amides is 2. The molecule has 1 aliphatic heterocycles. The third kappa shape index (κ3) is 6.69. The molecule has 2 aliphatic rings. The number of nitrogens with one attached hydrogen (secondary N) is 2. The Balaban J connectivity index is 1.48. The lowest BCUT2D eigenvalue weighted by Crippen LogP contribution is -2.51. The van der Waals surface area contributed by atoms with Crippen molar-refractivity contribution in [3.63, 3.8) is 0 Å². The molecule has 1 aromatic heterocycles. The quantitative estimate of drug-likeness (QED) is 0.228. The molecule has 1 aliphatic carbocycles. The van der Waals surface area contributed by atoms with Crippen molar-refractivity contribution in [2.24, 2.45) is 16.3 Å². The first kappa shape index (κ1) is 32.1. The Morgan fingerprint density at radius 1 is 1.11 bits per heavy atom. The van der Waals surface area contributed by atoms with Crippen molar-refractivity contribution in [3.05, 3.63) is 75.0 Å². The van der Waals surface area contributed by atoms with Crippen LogP contribution in [0.2, 0.25) is 10.0 Å². The van der Waals surface area contributed by atoms with Crippen LogP contribution in [0.4, 0.5) is 0 Å². The van der Waals surface area contributed by atoms with Gasteiger partial charge < -0.3 is 10.2 Å². The molecule has 1 atom stereocenters. The van der Waals surface area contributed by atoms with Gasteiger partial charge in [-0.1, -0.05) is 87.5 Å². The van der Waals surface area contributed by atoms with Crippen molar-refractivity contribution in [3.8, 4) is 0 Å². The van der Waals surface area contributed by atoms with Crippen LogP contribution in [-0.2, 0) is 11.3 Å². The molecule has 1 saturated carbocycles. The topological polar surface area (TPSA) is 116 Å². The van der Waals surface area contributed by atoms with E-state index in [1.165, 1.54) is 0 Å². The first-order valence-corrected chi connectivity index (χ1v) is 16.3. The fraction of sp³-hybridized carbons (Fsp3) is 0.515. The molecule has 11 heteroatoms. The summed E-state index contributed by atoms with van der Waals surface area (Å²) in [6, 6.07) is 12.6. The van der Waals surface area contributed by atoms with Crippen molar-refractivity contribution in [1.29, 1.82) is 0 Å². The second-order valence-electron chi connectivity index (χ2n) is 12.7.